The molecule has 0 bridgehead atoms. The Hall–Kier alpha value is -1.78. The van der Waals surface area contributed by atoms with E-state index in [1.807, 2.05) is 0 Å². The van der Waals surface area contributed by atoms with Crippen LogP contribution in [0, 0.1) is 10.1 Å². The van der Waals surface area contributed by atoms with Crippen molar-refractivity contribution in [1.82, 2.24) is 0 Å². The lowest BCUT2D eigenvalue weighted by Gasteiger charge is -2.18. The maximum absolute atomic E-state index is 10.6. The van der Waals surface area contributed by atoms with Crippen LogP contribution in [0.1, 0.15) is 26.7 Å². The third kappa shape index (κ3) is 3.34. The average Bonchev–Trinajstić information content (AvgIpc) is 2.35. The van der Waals surface area contributed by atoms with E-state index in [9.17, 15) is 10.1 Å². The van der Waals surface area contributed by atoms with Gasteiger partial charge < -0.3 is 10.1 Å². The van der Waals surface area contributed by atoms with Crippen LogP contribution < -0.4 is 10.1 Å². The van der Waals surface area contributed by atoms with Gasteiger partial charge in [-0.15, -0.1) is 0 Å². The first-order valence-electron chi connectivity index (χ1n) is 5.71. The SMILES string of the molecule is CCC(CC)Nc1ccc([N+](=O)[O-])cc1OC. The lowest BCUT2D eigenvalue weighted by molar-refractivity contribution is -0.384. The zero-order valence-electron chi connectivity index (χ0n) is 10.4. The molecular formula is C12H18N2O3. The van der Waals surface area contributed by atoms with E-state index in [1.54, 1.807) is 6.07 Å². The molecule has 0 atom stereocenters. The Bertz CT molecular complexity index is 389. The number of non-ortho nitro benzene ring substituents is 1. The summed E-state index contributed by atoms with van der Waals surface area (Å²) in [5.74, 6) is 0.506. The van der Waals surface area contributed by atoms with E-state index in [1.165, 1.54) is 19.2 Å². The molecule has 1 rings (SSSR count). The van der Waals surface area contributed by atoms with E-state index < -0.39 is 4.92 Å². The van der Waals surface area contributed by atoms with E-state index >= 15 is 0 Å². The summed E-state index contributed by atoms with van der Waals surface area (Å²) >= 11 is 0. The molecule has 0 fully saturated rings. The molecule has 0 radical (unpaired) electrons. The summed E-state index contributed by atoms with van der Waals surface area (Å²) in [6, 6.07) is 4.96. The molecule has 0 heterocycles. The van der Waals surface area contributed by atoms with Gasteiger partial charge in [0.05, 0.1) is 23.8 Å². The molecule has 0 aliphatic heterocycles. The first-order chi connectivity index (χ1) is 8.12. The second kappa shape index (κ2) is 6.08. The van der Waals surface area contributed by atoms with Gasteiger partial charge in [0.1, 0.15) is 5.75 Å². The molecule has 0 aliphatic rings. The van der Waals surface area contributed by atoms with Crippen molar-refractivity contribution in [3.05, 3.63) is 28.3 Å². The third-order valence-corrected chi connectivity index (χ3v) is 2.74. The standard InChI is InChI=1S/C12H18N2O3/c1-4-9(5-2)13-11-7-6-10(14(15)16)8-12(11)17-3/h6-9,13H,4-5H2,1-3H3. The molecule has 5 nitrogen and oxygen atoms in total. The van der Waals surface area contributed by atoms with Gasteiger partial charge in [-0.05, 0) is 18.9 Å². The van der Waals surface area contributed by atoms with E-state index in [2.05, 4.69) is 19.2 Å². The number of ether oxygens (including phenoxy) is 1. The van der Waals surface area contributed by atoms with Gasteiger partial charge in [0.25, 0.3) is 5.69 Å². The number of hydrogen-bond acceptors (Lipinski definition) is 4. The number of nitrogens with one attached hydrogen (secondary N) is 1. The smallest absolute Gasteiger partial charge is 0.273 e. The molecule has 0 spiro atoms. The van der Waals surface area contributed by atoms with E-state index in [-0.39, 0.29) is 5.69 Å². The highest BCUT2D eigenvalue weighted by molar-refractivity contribution is 5.61. The van der Waals surface area contributed by atoms with Gasteiger partial charge in [0.15, 0.2) is 0 Å². The average molecular weight is 238 g/mol. The van der Waals surface area contributed by atoms with E-state index in [0.29, 0.717) is 11.8 Å². The molecular weight excluding hydrogens is 220 g/mol. The summed E-state index contributed by atoms with van der Waals surface area (Å²) in [7, 11) is 1.51. The Kier molecular flexibility index (Phi) is 4.75. The Morgan fingerprint density at radius 2 is 2.06 bits per heavy atom. The largest absolute Gasteiger partial charge is 0.494 e. The van der Waals surface area contributed by atoms with Gasteiger partial charge >= 0.3 is 0 Å². The predicted octanol–water partition coefficient (Wildman–Crippen LogP) is 3.20. The summed E-state index contributed by atoms with van der Waals surface area (Å²) in [6.07, 6.45) is 1.99. The van der Waals surface area contributed by atoms with Crippen LogP contribution in [0.5, 0.6) is 5.75 Å². The van der Waals surface area contributed by atoms with Crippen molar-refractivity contribution in [3.8, 4) is 5.75 Å². The Balaban J connectivity index is 2.96. The monoisotopic (exact) mass is 238 g/mol. The Morgan fingerprint density at radius 3 is 2.53 bits per heavy atom. The zero-order valence-corrected chi connectivity index (χ0v) is 10.4. The van der Waals surface area contributed by atoms with Gasteiger partial charge in [-0.1, -0.05) is 13.8 Å². The fourth-order valence-electron chi connectivity index (χ4n) is 1.63. The summed E-state index contributed by atoms with van der Waals surface area (Å²) < 4.78 is 5.16. The predicted molar refractivity (Wildman–Crippen MR) is 67.6 cm³/mol. The van der Waals surface area contributed by atoms with Gasteiger partial charge in [-0.25, -0.2) is 0 Å². The highest BCUT2D eigenvalue weighted by Gasteiger charge is 2.13. The van der Waals surface area contributed by atoms with Crippen LogP contribution in [0.25, 0.3) is 0 Å². The van der Waals surface area contributed by atoms with E-state index in [0.717, 1.165) is 18.5 Å². The van der Waals surface area contributed by atoms with Gasteiger partial charge in [0, 0.05) is 12.1 Å². The van der Waals surface area contributed by atoms with Crippen LogP contribution in [0.2, 0.25) is 0 Å². The van der Waals surface area contributed by atoms with Crippen LogP contribution in [-0.2, 0) is 0 Å². The number of anilines is 1. The molecule has 17 heavy (non-hydrogen) atoms. The number of rotatable bonds is 6. The van der Waals surface area contributed by atoms with Crippen molar-refractivity contribution < 1.29 is 9.66 Å². The number of benzene rings is 1. The molecule has 1 aromatic rings. The minimum absolute atomic E-state index is 0.0388. The van der Waals surface area contributed by atoms with Gasteiger partial charge in [0.2, 0.25) is 0 Å². The molecule has 0 amide bonds. The molecule has 1 N–H and O–H groups in total. The molecule has 5 heteroatoms. The second-order valence-electron chi connectivity index (χ2n) is 3.80. The highest BCUT2D eigenvalue weighted by atomic mass is 16.6. The Labute approximate surface area is 101 Å². The normalized spacial score (nSPS) is 10.4. The summed E-state index contributed by atoms with van der Waals surface area (Å²) in [4.78, 5) is 10.2. The van der Waals surface area contributed by atoms with Crippen LogP contribution >= 0.6 is 0 Å². The summed E-state index contributed by atoms with van der Waals surface area (Å²) in [5, 5.41) is 14.0. The summed E-state index contributed by atoms with van der Waals surface area (Å²) in [6.45, 7) is 4.19. The van der Waals surface area contributed by atoms with Crippen molar-refractivity contribution in [1.29, 1.82) is 0 Å². The highest BCUT2D eigenvalue weighted by Crippen LogP contribution is 2.29. The minimum Gasteiger partial charge on any atom is -0.494 e. The number of hydrogen-bond donors (Lipinski definition) is 1. The summed E-state index contributed by atoms with van der Waals surface area (Å²) in [5.41, 5.74) is 0.837. The fraction of sp³-hybridized carbons (Fsp3) is 0.500. The fourth-order valence-corrected chi connectivity index (χ4v) is 1.63. The number of nitrogens with zero attached hydrogens (tertiary/aromatic N) is 1. The zero-order chi connectivity index (χ0) is 12.8. The number of nitro benzene ring substituents is 1. The first kappa shape index (κ1) is 13.3. The molecule has 0 saturated carbocycles. The van der Waals surface area contributed by atoms with Crippen molar-refractivity contribution in [3.63, 3.8) is 0 Å². The molecule has 94 valence electrons. The maximum atomic E-state index is 10.6. The first-order valence-corrected chi connectivity index (χ1v) is 5.71. The van der Waals surface area contributed by atoms with Crippen molar-refractivity contribution in [2.75, 3.05) is 12.4 Å². The van der Waals surface area contributed by atoms with Crippen LogP contribution in [-0.4, -0.2) is 18.1 Å². The van der Waals surface area contributed by atoms with Crippen molar-refractivity contribution in [2.24, 2.45) is 0 Å². The van der Waals surface area contributed by atoms with E-state index in [4.69, 9.17) is 4.74 Å². The van der Waals surface area contributed by atoms with Gasteiger partial charge in [-0.3, -0.25) is 10.1 Å². The minimum atomic E-state index is -0.427. The quantitative estimate of drug-likeness (QED) is 0.610. The van der Waals surface area contributed by atoms with Crippen LogP contribution in [0.3, 0.4) is 0 Å². The molecule has 1 aromatic carbocycles. The topological polar surface area (TPSA) is 64.4 Å². The Morgan fingerprint density at radius 1 is 1.41 bits per heavy atom. The molecule has 0 aliphatic carbocycles. The lowest BCUT2D eigenvalue weighted by Crippen LogP contribution is -2.17. The lowest BCUT2D eigenvalue weighted by atomic mass is 10.1. The van der Waals surface area contributed by atoms with Crippen molar-refractivity contribution in [2.45, 2.75) is 32.7 Å². The molecule has 0 aromatic heterocycles. The molecule has 0 saturated heterocycles. The third-order valence-electron chi connectivity index (χ3n) is 2.74. The van der Waals surface area contributed by atoms with Crippen LogP contribution in [0.4, 0.5) is 11.4 Å². The van der Waals surface area contributed by atoms with Crippen LogP contribution in [0.15, 0.2) is 18.2 Å². The number of methoxy groups -OCH3 is 1. The van der Waals surface area contributed by atoms with Crippen molar-refractivity contribution >= 4 is 11.4 Å². The van der Waals surface area contributed by atoms with Gasteiger partial charge in [-0.2, -0.15) is 0 Å². The maximum Gasteiger partial charge on any atom is 0.273 e. The number of nitro groups is 1. The molecule has 0 unspecified atom stereocenters. The second-order valence-corrected chi connectivity index (χ2v) is 3.80.